The third-order valence-corrected chi connectivity index (χ3v) is 3.79. The van der Waals surface area contributed by atoms with Crippen LogP contribution in [-0.2, 0) is 0 Å². The number of halogens is 1. The molecule has 14 heavy (non-hydrogen) atoms. The van der Waals surface area contributed by atoms with Crippen LogP contribution in [0, 0.1) is 0 Å². The molecule has 0 radical (unpaired) electrons. The molecule has 1 aromatic rings. The molecule has 0 amide bonds. The zero-order chi connectivity index (χ0) is 10.6. The lowest BCUT2D eigenvalue weighted by atomic mass is 10.1. The Morgan fingerprint density at radius 1 is 1.71 bits per heavy atom. The molecule has 1 unspecified atom stereocenters. The van der Waals surface area contributed by atoms with Gasteiger partial charge in [-0.05, 0) is 40.8 Å². The minimum Gasteiger partial charge on any atom is -0.314 e. The van der Waals surface area contributed by atoms with E-state index in [1.165, 1.54) is 11.3 Å². The number of Topliss-reactive ketones (excluding diaryl/α,β-unsaturated/α-hetero) is 1. The van der Waals surface area contributed by atoms with E-state index in [1.807, 2.05) is 25.3 Å². The Balaban J connectivity index is 2.55. The summed E-state index contributed by atoms with van der Waals surface area (Å²) in [5.41, 5.74) is 0. The van der Waals surface area contributed by atoms with E-state index in [-0.39, 0.29) is 11.8 Å². The van der Waals surface area contributed by atoms with E-state index < -0.39 is 0 Å². The van der Waals surface area contributed by atoms with E-state index >= 15 is 0 Å². The Bertz CT molecular complexity index is 311. The highest BCUT2D eigenvalue weighted by atomic mass is 79.9. The molecule has 0 saturated carbocycles. The van der Waals surface area contributed by atoms with Gasteiger partial charge < -0.3 is 5.32 Å². The number of rotatable bonds is 5. The molecule has 0 spiro atoms. The highest BCUT2D eigenvalue weighted by Crippen LogP contribution is 2.24. The van der Waals surface area contributed by atoms with E-state index in [1.54, 1.807) is 0 Å². The maximum atomic E-state index is 11.8. The summed E-state index contributed by atoms with van der Waals surface area (Å²) in [7, 11) is 0. The molecule has 0 bridgehead atoms. The van der Waals surface area contributed by atoms with Crippen molar-refractivity contribution >= 4 is 33.0 Å². The molecule has 0 saturated heterocycles. The van der Waals surface area contributed by atoms with E-state index in [9.17, 15) is 4.79 Å². The van der Waals surface area contributed by atoms with E-state index in [2.05, 4.69) is 21.2 Å². The van der Waals surface area contributed by atoms with Gasteiger partial charge in [0.05, 0.1) is 4.88 Å². The maximum Gasteiger partial charge on any atom is 0.175 e. The predicted molar refractivity (Wildman–Crippen MR) is 64.1 cm³/mol. The van der Waals surface area contributed by atoms with Gasteiger partial charge in [-0.3, -0.25) is 4.79 Å². The van der Waals surface area contributed by atoms with Crippen LogP contribution in [0.25, 0.3) is 0 Å². The maximum absolute atomic E-state index is 11.8. The number of ketones is 1. The fraction of sp³-hybridized carbons (Fsp3) is 0.500. The molecule has 1 aromatic heterocycles. The second kappa shape index (κ2) is 5.63. The number of carbonyl (C=O) groups is 1. The molecule has 1 heterocycles. The van der Waals surface area contributed by atoms with Crippen LogP contribution in [0.15, 0.2) is 15.9 Å². The molecule has 1 atom stereocenters. The van der Waals surface area contributed by atoms with Crippen LogP contribution in [0.3, 0.4) is 0 Å². The van der Waals surface area contributed by atoms with Crippen LogP contribution in [0.5, 0.6) is 0 Å². The number of carbonyl (C=O) groups excluding carboxylic acids is 1. The van der Waals surface area contributed by atoms with Crippen molar-refractivity contribution in [3.8, 4) is 0 Å². The summed E-state index contributed by atoms with van der Waals surface area (Å²) in [6.45, 7) is 4.98. The monoisotopic (exact) mass is 275 g/mol. The van der Waals surface area contributed by atoms with Gasteiger partial charge in [-0.2, -0.15) is 0 Å². The van der Waals surface area contributed by atoms with Crippen LogP contribution < -0.4 is 5.32 Å². The summed E-state index contributed by atoms with van der Waals surface area (Å²) in [4.78, 5) is 12.6. The summed E-state index contributed by atoms with van der Waals surface area (Å²) >= 11 is 4.86. The highest BCUT2D eigenvalue weighted by Gasteiger charge is 2.14. The fourth-order valence-corrected chi connectivity index (χ4v) is 2.83. The number of hydrogen-bond acceptors (Lipinski definition) is 3. The van der Waals surface area contributed by atoms with Gasteiger partial charge in [0, 0.05) is 16.9 Å². The normalized spacial score (nSPS) is 12.8. The fourth-order valence-electron chi connectivity index (χ4n) is 1.28. The molecule has 0 aromatic carbocycles. The van der Waals surface area contributed by atoms with Crippen LogP contribution in [0.4, 0.5) is 0 Å². The molecule has 2 nitrogen and oxygen atoms in total. The SMILES string of the molecule is CCNC(C)CC(=O)c1sccc1Br. The minimum absolute atomic E-state index is 0.209. The van der Waals surface area contributed by atoms with Gasteiger partial charge in [-0.1, -0.05) is 6.92 Å². The molecule has 0 fully saturated rings. The van der Waals surface area contributed by atoms with Gasteiger partial charge in [-0.15, -0.1) is 11.3 Å². The van der Waals surface area contributed by atoms with E-state index in [4.69, 9.17) is 0 Å². The van der Waals surface area contributed by atoms with Crippen LogP contribution in [0.1, 0.15) is 29.9 Å². The Morgan fingerprint density at radius 2 is 2.43 bits per heavy atom. The van der Waals surface area contributed by atoms with Crippen molar-refractivity contribution in [3.63, 3.8) is 0 Å². The van der Waals surface area contributed by atoms with Crippen molar-refractivity contribution in [3.05, 3.63) is 20.8 Å². The van der Waals surface area contributed by atoms with Gasteiger partial charge in [0.15, 0.2) is 5.78 Å². The van der Waals surface area contributed by atoms with Gasteiger partial charge in [0.2, 0.25) is 0 Å². The van der Waals surface area contributed by atoms with E-state index in [0.717, 1.165) is 15.9 Å². The molecule has 4 heteroatoms. The van der Waals surface area contributed by atoms with Gasteiger partial charge >= 0.3 is 0 Å². The zero-order valence-corrected chi connectivity index (χ0v) is 10.7. The first-order valence-electron chi connectivity index (χ1n) is 4.64. The molecular weight excluding hydrogens is 262 g/mol. The largest absolute Gasteiger partial charge is 0.314 e. The molecule has 0 aliphatic carbocycles. The molecule has 1 N–H and O–H groups in total. The molecule has 1 rings (SSSR count). The first-order chi connectivity index (χ1) is 6.65. The summed E-state index contributed by atoms with van der Waals surface area (Å²) in [5.74, 6) is 0.209. The number of hydrogen-bond donors (Lipinski definition) is 1. The van der Waals surface area contributed by atoms with Gasteiger partial charge in [0.25, 0.3) is 0 Å². The molecular formula is C10H14BrNOS. The third-order valence-electron chi connectivity index (χ3n) is 1.91. The topological polar surface area (TPSA) is 29.1 Å². The average molecular weight is 276 g/mol. The third kappa shape index (κ3) is 3.19. The van der Waals surface area contributed by atoms with Crippen LogP contribution in [0.2, 0.25) is 0 Å². The summed E-state index contributed by atoms with van der Waals surface area (Å²) < 4.78 is 0.913. The summed E-state index contributed by atoms with van der Waals surface area (Å²) in [6.07, 6.45) is 0.562. The average Bonchev–Trinajstić information content (AvgIpc) is 2.51. The Kier molecular flexibility index (Phi) is 4.78. The minimum atomic E-state index is 0.209. The Morgan fingerprint density at radius 3 is 2.93 bits per heavy atom. The van der Waals surface area contributed by atoms with Crippen LogP contribution >= 0.6 is 27.3 Å². The van der Waals surface area contributed by atoms with Crippen molar-refractivity contribution in [1.82, 2.24) is 5.32 Å². The highest BCUT2D eigenvalue weighted by molar-refractivity contribution is 9.10. The second-order valence-corrected chi connectivity index (χ2v) is 4.95. The van der Waals surface area contributed by atoms with Crippen molar-refractivity contribution in [2.75, 3.05) is 6.54 Å². The standard InChI is InChI=1S/C10H14BrNOS/c1-3-12-7(2)6-9(13)10-8(11)4-5-14-10/h4-5,7,12H,3,6H2,1-2H3. The van der Waals surface area contributed by atoms with E-state index in [0.29, 0.717) is 6.42 Å². The summed E-state index contributed by atoms with van der Waals surface area (Å²) in [6, 6.07) is 2.16. The lowest BCUT2D eigenvalue weighted by molar-refractivity contribution is 0.0975. The lowest BCUT2D eigenvalue weighted by Gasteiger charge is -2.10. The Hall–Kier alpha value is -0.190. The lowest BCUT2D eigenvalue weighted by Crippen LogP contribution is -2.27. The van der Waals surface area contributed by atoms with Crippen molar-refractivity contribution in [1.29, 1.82) is 0 Å². The smallest absolute Gasteiger partial charge is 0.175 e. The number of thiophene rings is 1. The molecule has 0 aliphatic rings. The Labute approximate surface area is 96.8 Å². The second-order valence-electron chi connectivity index (χ2n) is 3.18. The quantitative estimate of drug-likeness (QED) is 0.837. The first kappa shape index (κ1) is 11.9. The van der Waals surface area contributed by atoms with Crippen molar-refractivity contribution < 1.29 is 4.79 Å². The molecule has 0 aliphatic heterocycles. The summed E-state index contributed by atoms with van der Waals surface area (Å²) in [5, 5.41) is 5.15. The first-order valence-corrected chi connectivity index (χ1v) is 6.32. The van der Waals surface area contributed by atoms with Crippen molar-refractivity contribution in [2.24, 2.45) is 0 Å². The number of nitrogens with one attached hydrogen (secondary N) is 1. The van der Waals surface area contributed by atoms with Crippen molar-refractivity contribution in [2.45, 2.75) is 26.3 Å². The van der Waals surface area contributed by atoms with Crippen LogP contribution in [-0.4, -0.2) is 18.4 Å². The molecule has 78 valence electrons. The predicted octanol–water partition coefficient (Wildman–Crippen LogP) is 3.08. The van der Waals surface area contributed by atoms with Gasteiger partial charge in [-0.25, -0.2) is 0 Å². The van der Waals surface area contributed by atoms with Gasteiger partial charge in [0.1, 0.15) is 0 Å². The zero-order valence-electron chi connectivity index (χ0n) is 8.34.